The van der Waals surface area contributed by atoms with Crippen molar-refractivity contribution in [2.75, 3.05) is 5.32 Å². The standard InChI is InChI=1S/C19H17Cl2N5O/c1-11-14(9-12-5-3-2-4-6-12)17(27)25-19(23-11)26-18(22)24-13-7-8-15(20)16(21)10-13/h2-8,10H,9H2,1H3,(H4,22,23,24,25,26,27). The van der Waals surface area contributed by atoms with Gasteiger partial charge in [0.2, 0.25) is 11.9 Å². The number of hydrogen-bond acceptors (Lipinski definition) is 3. The number of aromatic amines is 1. The topological polar surface area (TPSA) is 96.2 Å². The van der Waals surface area contributed by atoms with Gasteiger partial charge in [-0.1, -0.05) is 53.5 Å². The minimum atomic E-state index is -0.243. The van der Waals surface area contributed by atoms with Gasteiger partial charge in [-0.3, -0.25) is 9.78 Å². The van der Waals surface area contributed by atoms with Crippen LogP contribution in [0, 0.1) is 6.92 Å². The number of halogens is 2. The molecule has 6 nitrogen and oxygen atoms in total. The molecule has 0 saturated carbocycles. The van der Waals surface area contributed by atoms with Crippen LogP contribution in [0.4, 0.5) is 11.6 Å². The van der Waals surface area contributed by atoms with Crippen LogP contribution in [0.5, 0.6) is 0 Å². The summed E-state index contributed by atoms with van der Waals surface area (Å²) in [4.78, 5) is 23.5. The summed E-state index contributed by atoms with van der Waals surface area (Å²) in [5.74, 6) is 0.186. The lowest BCUT2D eigenvalue weighted by molar-refractivity contribution is 0.973. The Morgan fingerprint density at radius 2 is 1.93 bits per heavy atom. The maximum Gasteiger partial charge on any atom is 0.256 e. The highest BCUT2D eigenvalue weighted by molar-refractivity contribution is 6.42. The van der Waals surface area contributed by atoms with E-state index in [1.807, 2.05) is 30.3 Å². The molecule has 0 atom stereocenters. The number of aromatic nitrogens is 2. The van der Waals surface area contributed by atoms with Crippen molar-refractivity contribution in [2.24, 2.45) is 10.7 Å². The van der Waals surface area contributed by atoms with Crippen LogP contribution in [0.15, 0.2) is 58.3 Å². The first kappa shape index (κ1) is 18.9. The summed E-state index contributed by atoms with van der Waals surface area (Å²) in [6, 6.07) is 14.7. The Labute approximate surface area is 166 Å². The van der Waals surface area contributed by atoms with E-state index < -0.39 is 0 Å². The van der Waals surface area contributed by atoms with Crippen molar-refractivity contribution in [2.45, 2.75) is 13.3 Å². The molecule has 0 aliphatic carbocycles. The number of rotatable bonds is 4. The molecule has 0 aliphatic heterocycles. The van der Waals surface area contributed by atoms with Crippen molar-refractivity contribution < 1.29 is 0 Å². The van der Waals surface area contributed by atoms with Crippen LogP contribution >= 0.6 is 23.2 Å². The number of aryl methyl sites for hydroxylation is 1. The van der Waals surface area contributed by atoms with Crippen LogP contribution in [-0.2, 0) is 6.42 Å². The van der Waals surface area contributed by atoms with Gasteiger partial charge in [-0.15, -0.1) is 0 Å². The molecule has 0 radical (unpaired) electrons. The third-order valence-electron chi connectivity index (χ3n) is 3.85. The largest absolute Gasteiger partial charge is 0.369 e. The summed E-state index contributed by atoms with van der Waals surface area (Å²) in [7, 11) is 0. The quantitative estimate of drug-likeness (QED) is 0.454. The van der Waals surface area contributed by atoms with Crippen molar-refractivity contribution in [3.8, 4) is 0 Å². The number of aliphatic imine (C=N–C) groups is 1. The van der Waals surface area contributed by atoms with Gasteiger partial charge < -0.3 is 11.1 Å². The van der Waals surface area contributed by atoms with E-state index in [1.165, 1.54) is 0 Å². The van der Waals surface area contributed by atoms with E-state index in [2.05, 4.69) is 20.3 Å². The number of nitrogens with two attached hydrogens (primary N) is 1. The summed E-state index contributed by atoms with van der Waals surface area (Å²) in [6.45, 7) is 1.77. The molecule has 1 aromatic heterocycles. The predicted molar refractivity (Wildman–Crippen MR) is 110 cm³/mol. The van der Waals surface area contributed by atoms with Crippen LogP contribution in [0.25, 0.3) is 0 Å². The van der Waals surface area contributed by atoms with E-state index >= 15 is 0 Å². The van der Waals surface area contributed by atoms with Crippen LogP contribution in [-0.4, -0.2) is 15.9 Å². The molecule has 0 fully saturated rings. The van der Waals surface area contributed by atoms with E-state index in [1.54, 1.807) is 25.1 Å². The molecular weight excluding hydrogens is 385 g/mol. The van der Waals surface area contributed by atoms with E-state index in [4.69, 9.17) is 28.9 Å². The van der Waals surface area contributed by atoms with Crippen molar-refractivity contribution in [3.05, 3.63) is 85.8 Å². The Morgan fingerprint density at radius 3 is 2.59 bits per heavy atom. The van der Waals surface area contributed by atoms with Gasteiger partial charge in [-0.25, -0.2) is 4.98 Å². The third-order valence-corrected chi connectivity index (χ3v) is 4.59. The SMILES string of the molecule is Cc1nc(/N=C(\N)Nc2ccc(Cl)c(Cl)c2)[nH]c(=O)c1Cc1ccccc1. The van der Waals surface area contributed by atoms with Gasteiger partial charge in [0.25, 0.3) is 5.56 Å². The van der Waals surface area contributed by atoms with Gasteiger partial charge in [-0.2, -0.15) is 4.99 Å². The second-order valence-electron chi connectivity index (χ2n) is 5.87. The van der Waals surface area contributed by atoms with Crippen LogP contribution in [0.3, 0.4) is 0 Å². The molecule has 138 valence electrons. The van der Waals surface area contributed by atoms with Crippen molar-refractivity contribution in [3.63, 3.8) is 0 Å². The lowest BCUT2D eigenvalue weighted by Gasteiger charge is -2.08. The zero-order valence-corrected chi connectivity index (χ0v) is 16.0. The number of H-pyrrole nitrogens is 1. The molecule has 3 rings (SSSR count). The first-order valence-corrected chi connectivity index (χ1v) is 8.88. The Morgan fingerprint density at radius 1 is 1.19 bits per heavy atom. The molecule has 0 bridgehead atoms. The molecule has 0 aliphatic rings. The average Bonchev–Trinajstić information content (AvgIpc) is 2.62. The van der Waals surface area contributed by atoms with Crippen LogP contribution < -0.4 is 16.6 Å². The predicted octanol–water partition coefficient (Wildman–Crippen LogP) is 4.03. The number of nitrogens with one attached hydrogen (secondary N) is 2. The fraction of sp³-hybridized carbons (Fsp3) is 0.105. The lowest BCUT2D eigenvalue weighted by Crippen LogP contribution is -2.23. The lowest BCUT2D eigenvalue weighted by atomic mass is 10.1. The van der Waals surface area contributed by atoms with Gasteiger partial charge in [0.1, 0.15) is 0 Å². The van der Waals surface area contributed by atoms with Gasteiger partial charge in [0.05, 0.1) is 15.7 Å². The van der Waals surface area contributed by atoms with Gasteiger partial charge in [-0.05, 0) is 30.7 Å². The Kier molecular flexibility index (Phi) is 5.78. The molecule has 8 heteroatoms. The van der Waals surface area contributed by atoms with Crippen LogP contribution in [0.2, 0.25) is 10.0 Å². The molecule has 2 aromatic carbocycles. The van der Waals surface area contributed by atoms with E-state index in [-0.39, 0.29) is 17.5 Å². The maximum atomic E-state index is 12.4. The Bertz CT molecular complexity index is 1050. The zero-order valence-electron chi connectivity index (χ0n) is 14.5. The highest BCUT2D eigenvalue weighted by Gasteiger charge is 2.09. The minimum absolute atomic E-state index is 0.0618. The van der Waals surface area contributed by atoms with Gasteiger partial charge in [0.15, 0.2) is 0 Å². The average molecular weight is 402 g/mol. The molecule has 27 heavy (non-hydrogen) atoms. The maximum absolute atomic E-state index is 12.4. The van der Waals surface area contributed by atoms with Crippen LogP contribution in [0.1, 0.15) is 16.8 Å². The summed E-state index contributed by atoms with van der Waals surface area (Å²) < 4.78 is 0. The van der Waals surface area contributed by atoms with Crippen molar-refractivity contribution in [1.82, 2.24) is 9.97 Å². The second-order valence-corrected chi connectivity index (χ2v) is 6.68. The zero-order chi connectivity index (χ0) is 19.4. The number of nitrogens with zero attached hydrogens (tertiary/aromatic N) is 2. The molecule has 4 N–H and O–H groups in total. The summed E-state index contributed by atoms with van der Waals surface area (Å²) in [5.41, 5.74) is 8.49. The molecule has 0 spiro atoms. The number of anilines is 1. The first-order valence-electron chi connectivity index (χ1n) is 8.12. The van der Waals surface area contributed by atoms with Gasteiger partial charge in [0, 0.05) is 17.7 Å². The number of guanidine groups is 1. The summed E-state index contributed by atoms with van der Waals surface area (Å²) in [5, 5.41) is 3.70. The van der Waals surface area contributed by atoms with Crippen molar-refractivity contribution in [1.29, 1.82) is 0 Å². The van der Waals surface area contributed by atoms with E-state index in [9.17, 15) is 4.79 Å². The fourth-order valence-electron chi connectivity index (χ4n) is 2.52. The molecule has 1 heterocycles. The van der Waals surface area contributed by atoms with E-state index in [0.29, 0.717) is 33.4 Å². The third kappa shape index (κ3) is 4.87. The smallest absolute Gasteiger partial charge is 0.256 e. The summed E-state index contributed by atoms with van der Waals surface area (Å²) in [6.07, 6.45) is 0.496. The Balaban J connectivity index is 1.81. The highest BCUT2D eigenvalue weighted by atomic mass is 35.5. The first-order chi connectivity index (χ1) is 12.9. The normalized spacial score (nSPS) is 11.4. The van der Waals surface area contributed by atoms with Crippen molar-refractivity contribution >= 4 is 40.8 Å². The highest BCUT2D eigenvalue weighted by Crippen LogP contribution is 2.24. The summed E-state index contributed by atoms with van der Waals surface area (Å²) >= 11 is 11.9. The second kappa shape index (κ2) is 8.24. The van der Waals surface area contributed by atoms with Gasteiger partial charge >= 0.3 is 0 Å². The van der Waals surface area contributed by atoms with E-state index in [0.717, 1.165) is 5.56 Å². The molecular formula is C19H17Cl2N5O. The number of hydrogen-bond donors (Lipinski definition) is 3. The molecule has 0 amide bonds. The number of benzene rings is 2. The monoisotopic (exact) mass is 401 g/mol. The fourth-order valence-corrected chi connectivity index (χ4v) is 2.82. The Hall–Kier alpha value is -2.83. The molecule has 0 saturated heterocycles. The minimum Gasteiger partial charge on any atom is -0.369 e. The molecule has 3 aromatic rings. The molecule has 0 unspecified atom stereocenters.